The molecule has 1 spiro atoms. The van der Waals surface area contributed by atoms with Gasteiger partial charge in [-0.15, -0.1) is 0 Å². The smallest absolute Gasteiger partial charge is 0.248 e. The molecule has 2 atom stereocenters. The summed E-state index contributed by atoms with van der Waals surface area (Å²) in [5.74, 6) is -2.82. The van der Waals surface area contributed by atoms with Crippen LogP contribution in [0.15, 0.2) is 0 Å². The van der Waals surface area contributed by atoms with Crippen molar-refractivity contribution in [3.05, 3.63) is 0 Å². The highest BCUT2D eigenvalue weighted by molar-refractivity contribution is 5.87. The first-order valence-electron chi connectivity index (χ1n) is 10.3. The zero-order valence-electron chi connectivity index (χ0n) is 16.4. The van der Waals surface area contributed by atoms with E-state index in [1.807, 2.05) is 4.90 Å². The number of amides is 2. The number of halogens is 2. The van der Waals surface area contributed by atoms with Gasteiger partial charge in [-0.05, 0) is 56.8 Å². The Hall–Kier alpha value is -1.24. The van der Waals surface area contributed by atoms with E-state index in [0.717, 1.165) is 25.9 Å². The molecular formula is C20H32F2N2O3. The van der Waals surface area contributed by atoms with Gasteiger partial charge in [-0.3, -0.25) is 9.59 Å². The number of alkyl halides is 2. The second kappa shape index (κ2) is 8.02. The molecule has 5 nitrogen and oxygen atoms in total. The highest BCUT2D eigenvalue weighted by Crippen LogP contribution is 2.53. The predicted molar refractivity (Wildman–Crippen MR) is 97.4 cm³/mol. The van der Waals surface area contributed by atoms with E-state index in [1.54, 1.807) is 6.92 Å². The minimum atomic E-state index is -2.55. The fraction of sp³-hybridized carbons (Fsp3) is 0.900. The molecule has 3 rings (SSSR count). The van der Waals surface area contributed by atoms with Crippen molar-refractivity contribution in [2.75, 3.05) is 19.7 Å². The van der Waals surface area contributed by atoms with Crippen molar-refractivity contribution in [3.63, 3.8) is 0 Å². The van der Waals surface area contributed by atoms with Crippen LogP contribution in [0.2, 0.25) is 0 Å². The van der Waals surface area contributed by atoms with Gasteiger partial charge in [0.15, 0.2) is 0 Å². The van der Waals surface area contributed by atoms with E-state index >= 15 is 0 Å². The molecule has 0 aromatic rings. The van der Waals surface area contributed by atoms with Crippen LogP contribution < -0.4 is 5.32 Å². The number of ether oxygens (including phenoxy) is 1. The molecule has 0 bridgehead atoms. The van der Waals surface area contributed by atoms with Crippen LogP contribution in [0.5, 0.6) is 0 Å². The molecule has 0 aromatic carbocycles. The highest BCUT2D eigenvalue weighted by Gasteiger charge is 2.46. The van der Waals surface area contributed by atoms with Crippen LogP contribution in [0.4, 0.5) is 8.78 Å². The molecular weight excluding hydrogens is 354 g/mol. The maximum absolute atomic E-state index is 13.3. The first-order valence-corrected chi connectivity index (χ1v) is 10.3. The summed E-state index contributed by atoms with van der Waals surface area (Å²) in [6.07, 6.45) is 4.81. The summed E-state index contributed by atoms with van der Waals surface area (Å²) in [6.45, 7) is 5.00. The van der Waals surface area contributed by atoms with Gasteiger partial charge in [0, 0.05) is 39.5 Å². The van der Waals surface area contributed by atoms with Gasteiger partial charge >= 0.3 is 0 Å². The van der Waals surface area contributed by atoms with Crippen LogP contribution in [0.25, 0.3) is 0 Å². The van der Waals surface area contributed by atoms with Gasteiger partial charge in [-0.25, -0.2) is 8.78 Å². The summed E-state index contributed by atoms with van der Waals surface area (Å²) < 4.78 is 32.4. The lowest BCUT2D eigenvalue weighted by Crippen LogP contribution is -2.55. The Morgan fingerprint density at radius 3 is 2.22 bits per heavy atom. The summed E-state index contributed by atoms with van der Waals surface area (Å²) in [6, 6.07) is -0.721. The fourth-order valence-electron chi connectivity index (χ4n) is 4.32. The molecule has 2 amide bonds. The Morgan fingerprint density at radius 2 is 1.70 bits per heavy atom. The molecule has 154 valence electrons. The number of likely N-dealkylation sites (tertiary alicyclic amines) is 1. The van der Waals surface area contributed by atoms with Gasteiger partial charge in [0.05, 0.1) is 6.10 Å². The summed E-state index contributed by atoms with van der Waals surface area (Å²) in [4.78, 5) is 26.4. The first-order chi connectivity index (χ1) is 12.7. The van der Waals surface area contributed by atoms with E-state index in [2.05, 4.69) is 5.32 Å². The molecule has 1 saturated heterocycles. The fourth-order valence-corrected chi connectivity index (χ4v) is 4.32. The SMILES string of the molecule is CC(=O)NC(C(=O)N1CCC2(CC1)CC2)C(C)OCC1CCC(F)(F)CC1. The van der Waals surface area contributed by atoms with Gasteiger partial charge in [-0.2, -0.15) is 0 Å². The third-order valence-electron chi connectivity index (χ3n) is 6.62. The van der Waals surface area contributed by atoms with E-state index in [0.29, 0.717) is 24.9 Å². The lowest BCUT2D eigenvalue weighted by Gasteiger charge is -2.36. The lowest BCUT2D eigenvalue weighted by atomic mass is 9.87. The molecule has 2 unspecified atom stereocenters. The van der Waals surface area contributed by atoms with Gasteiger partial charge in [0.25, 0.3) is 0 Å². The Morgan fingerprint density at radius 1 is 1.11 bits per heavy atom. The topological polar surface area (TPSA) is 58.6 Å². The number of nitrogens with one attached hydrogen (secondary N) is 1. The van der Waals surface area contributed by atoms with Crippen LogP contribution in [0.1, 0.15) is 65.2 Å². The minimum absolute atomic E-state index is 0.0878. The minimum Gasteiger partial charge on any atom is -0.376 e. The molecule has 0 radical (unpaired) electrons. The molecule has 2 saturated carbocycles. The zero-order valence-corrected chi connectivity index (χ0v) is 16.4. The van der Waals surface area contributed by atoms with Crippen molar-refractivity contribution >= 4 is 11.8 Å². The maximum Gasteiger partial charge on any atom is 0.248 e. The summed E-state index contributed by atoms with van der Waals surface area (Å²) in [5.41, 5.74) is 0.478. The average Bonchev–Trinajstić information content (AvgIpc) is 3.37. The number of rotatable bonds is 6. The predicted octanol–water partition coefficient (Wildman–Crippen LogP) is 3.12. The monoisotopic (exact) mass is 386 g/mol. The maximum atomic E-state index is 13.3. The number of nitrogens with zero attached hydrogens (tertiary/aromatic N) is 1. The van der Waals surface area contributed by atoms with Crippen LogP contribution >= 0.6 is 0 Å². The number of carbonyl (C=O) groups excluding carboxylic acids is 2. The van der Waals surface area contributed by atoms with E-state index in [1.165, 1.54) is 19.8 Å². The molecule has 0 aromatic heterocycles. The highest BCUT2D eigenvalue weighted by atomic mass is 19.3. The van der Waals surface area contributed by atoms with Gasteiger partial charge in [0.2, 0.25) is 17.7 Å². The molecule has 7 heteroatoms. The zero-order chi connectivity index (χ0) is 19.7. The van der Waals surface area contributed by atoms with Crippen LogP contribution in [-0.2, 0) is 14.3 Å². The normalized spacial score (nSPS) is 26.4. The number of piperidine rings is 1. The Balaban J connectivity index is 1.51. The third kappa shape index (κ3) is 5.39. The van der Waals surface area contributed by atoms with Crippen LogP contribution in [0, 0.1) is 11.3 Å². The molecule has 3 aliphatic rings. The van der Waals surface area contributed by atoms with Gasteiger partial charge in [0.1, 0.15) is 6.04 Å². The number of hydrogen-bond acceptors (Lipinski definition) is 3. The molecule has 1 aliphatic heterocycles. The Kier molecular flexibility index (Phi) is 6.08. The average molecular weight is 386 g/mol. The molecule has 1 heterocycles. The summed E-state index contributed by atoms with van der Waals surface area (Å²) in [5, 5.41) is 2.74. The Labute approximate surface area is 160 Å². The van der Waals surface area contributed by atoms with Crippen molar-refractivity contribution < 1.29 is 23.1 Å². The molecule has 1 N–H and O–H groups in total. The van der Waals surface area contributed by atoms with Crippen LogP contribution in [-0.4, -0.2) is 54.5 Å². The molecule has 27 heavy (non-hydrogen) atoms. The lowest BCUT2D eigenvalue weighted by molar-refractivity contribution is -0.142. The van der Waals surface area contributed by atoms with Gasteiger partial charge in [-0.1, -0.05) is 0 Å². The largest absolute Gasteiger partial charge is 0.376 e. The van der Waals surface area contributed by atoms with Crippen LogP contribution in [0.3, 0.4) is 0 Å². The van der Waals surface area contributed by atoms with E-state index in [4.69, 9.17) is 4.74 Å². The van der Waals surface area contributed by atoms with Crippen molar-refractivity contribution in [1.29, 1.82) is 0 Å². The standard InChI is InChI=1S/C20H32F2N2O3/c1-14(27-13-16-3-5-20(21,22)6-4-16)17(23-15(2)25)18(26)24-11-9-19(7-8-19)10-12-24/h14,16-17H,3-13H2,1-2H3,(H,23,25). The number of carbonyl (C=O) groups is 2. The van der Waals surface area contributed by atoms with Crippen molar-refractivity contribution in [2.24, 2.45) is 11.3 Å². The third-order valence-corrected chi connectivity index (χ3v) is 6.62. The number of hydrogen-bond donors (Lipinski definition) is 1. The Bertz CT molecular complexity index is 545. The molecule has 2 aliphatic carbocycles. The first kappa shape index (κ1) is 20.5. The van der Waals surface area contributed by atoms with Crippen molar-refractivity contribution in [1.82, 2.24) is 10.2 Å². The second-order valence-electron chi connectivity index (χ2n) is 8.84. The van der Waals surface area contributed by atoms with E-state index < -0.39 is 18.1 Å². The van der Waals surface area contributed by atoms with Gasteiger partial charge < -0.3 is 15.0 Å². The van der Waals surface area contributed by atoms with Crippen molar-refractivity contribution in [2.45, 2.75) is 83.3 Å². The second-order valence-corrected chi connectivity index (χ2v) is 8.84. The summed E-state index contributed by atoms with van der Waals surface area (Å²) >= 11 is 0. The van der Waals surface area contributed by atoms with Crippen molar-refractivity contribution in [3.8, 4) is 0 Å². The van der Waals surface area contributed by atoms with E-state index in [-0.39, 0.29) is 30.6 Å². The quantitative estimate of drug-likeness (QED) is 0.763. The van der Waals surface area contributed by atoms with E-state index in [9.17, 15) is 18.4 Å². The summed E-state index contributed by atoms with van der Waals surface area (Å²) in [7, 11) is 0. The molecule has 3 fully saturated rings.